The first kappa shape index (κ1) is 11.6. The summed E-state index contributed by atoms with van der Waals surface area (Å²) in [5.74, 6) is 0.222. The molecular weight excluding hydrogens is 215 g/mol. The summed E-state index contributed by atoms with van der Waals surface area (Å²) in [6.45, 7) is 5.84. The van der Waals surface area contributed by atoms with Gasteiger partial charge in [0, 0.05) is 5.41 Å². The summed E-state index contributed by atoms with van der Waals surface area (Å²) in [6, 6.07) is 0. The van der Waals surface area contributed by atoms with Gasteiger partial charge in [0.25, 0.3) is 0 Å². The third-order valence-corrected chi connectivity index (χ3v) is 6.97. The normalized spacial score (nSPS) is 48.5. The fourth-order valence-corrected chi connectivity index (χ4v) is 5.18. The smallest absolute Gasteiger partial charge is 0.357 e. The quantitative estimate of drug-likeness (QED) is 0.603. The van der Waals surface area contributed by atoms with Gasteiger partial charge in [0.2, 0.25) is 0 Å². The maximum Gasteiger partial charge on any atom is 0.357 e. The molecule has 0 aromatic heterocycles. The molecule has 2 rings (SSSR count). The van der Waals surface area contributed by atoms with E-state index < -0.39 is 18.4 Å². The molecule has 2 aliphatic rings. The first-order valence-corrected chi connectivity index (χ1v) is 6.95. The second kappa shape index (κ2) is 2.67. The van der Waals surface area contributed by atoms with Crippen LogP contribution in [0, 0.1) is 16.7 Å². The van der Waals surface area contributed by atoms with Crippen LogP contribution in [-0.2, 0) is 4.57 Å². The minimum absolute atomic E-state index is 0.192. The SMILES string of the molecule is CC1(C)C2CCC1(C)C(O)(P(=O)(O)O)C2. The lowest BCUT2D eigenvalue weighted by Gasteiger charge is -2.44. The van der Waals surface area contributed by atoms with E-state index in [2.05, 4.69) is 0 Å². The Morgan fingerprint density at radius 1 is 1.27 bits per heavy atom. The van der Waals surface area contributed by atoms with E-state index in [4.69, 9.17) is 0 Å². The Bertz CT molecular complexity index is 347. The van der Waals surface area contributed by atoms with Crippen molar-refractivity contribution >= 4 is 7.60 Å². The zero-order chi connectivity index (χ0) is 11.7. The van der Waals surface area contributed by atoms with Crippen LogP contribution in [0.2, 0.25) is 0 Å². The van der Waals surface area contributed by atoms with E-state index >= 15 is 0 Å². The molecule has 0 heterocycles. The highest BCUT2D eigenvalue weighted by molar-refractivity contribution is 7.53. The van der Waals surface area contributed by atoms with Crippen molar-refractivity contribution in [2.24, 2.45) is 16.7 Å². The summed E-state index contributed by atoms with van der Waals surface area (Å²) in [6.07, 6.45) is 1.90. The van der Waals surface area contributed by atoms with E-state index in [1.54, 1.807) is 0 Å². The molecule has 0 radical (unpaired) electrons. The first-order valence-electron chi connectivity index (χ1n) is 5.34. The lowest BCUT2D eigenvalue weighted by atomic mass is 9.69. The van der Waals surface area contributed by atoms with E-state index in [9.17, 15) is 19.5 Å². The molecule has 2 aliphatic carbocycles. The highest BCUT2D eigenvalue weighted by atomic mass is 31.2. The fraction of sp³-hybridized carbons (Fsp3) is 1.00. The van der Waals surface area contributed by atoms with Crippen molar-refractivity contribution in [1.29, 1.82) is 0 Å². The molecule has 0 aromatic rings. The van der Waals surface area contributed by atoms with Gasteiger partial charge >= 0.3 is 7.60 Å². The molecule has 0 aliphatic heterocycles. The third-order valence-electron chi connectivity index (χ3n) is 5.33. The van der Waals surface area contributed by atoms with Crippen molar-refractivity contribution in [3.05, 3.63) is 0 Å². The van der Waals surface area contributed by atoms with Gasteiger partial charge in [0.15, 0.2) is 5.34 Å². The average molecular weight is 234 g/mol. The van der Waals surface area contributed by atoms with Crippen LogP contribution < -0.4 is 0 Å². The predicted molar refractivity (Wildman–Crippen MR) is 56.2 cm³/mol. The molecule has 5 heteroatoms. The number of hydrogen-bond donors (Lipinski definition) is 3. The molecule has 2 bridgehead atoms. The Labute approximate surface area is 89.9 Å². The van der Waals surface area contributed by atoms with Gasteiger partial charge in [0.1, 0.15) is 0 Å². The van der Waals surface area contributed by atoms with Crippen molar-refractivity contribution in [2.75, 3.05) is 0 Å². The van der Waals surface area contributed by atoms with Gasteiger partial charge in [0.05, 0.1) is 0 Å². The van der Waals surface area contributed by atoms with Gasteiger partial charge in [-0.15, -0.1) is 0 Å². The zero-order valence-electron chi connectivity index (χ0n) is 9.40. The van der Waals surface area contributed by atoms with E-state index in [1.165, 1.54) is 0 Å². The Morgan fingerprint density at radius 2 is 1.80 bits per heavy atom. The molecule has 3 atom stereocenters. The van der Waals surface area contributed by atoms with Crippen LogP contribution in [0.25, 0.3) is 0 Å². The van der Waals surface area contributed by atoms with Gasteiger partial charge < -0.3 is 14.9 Å². The maximum atomic E-state index is 11.5. The number of hydrogen-bond acceptors (Lipinski definition) is 2. The van der Waals surface area contributed by atoms with Crippen LogP contribution in [0.15, 0.2) is 0 Å². The number of aliphatic hydroxyl groups is 1. The molecule has 3 unspecified atom stereocenters. The summed E-state index contributed by atoms with van der Waals surface area (Å²) in [5, 5.41) is 8.54. The van der Waals surface area contributed by atoms with E-state index in [0.717, 1.165) is 6.42 Å². The van der Waals surface area contributed by atoms with Gasteiger partial charge in [-0.05, 0) is 30.6 Å². The first-order chi connectivity index (χ1) is 6.56. The van der Waals surface area contributed by atoms with Crippen LogP contribution in [0.5, 0.6) is 0 Å². The second-order valence-corrected chi connectivity index (χ2v) is 7.68. The number of rotatable bonds is 1. The van der Waals surface area contributed by atoms with Crippen molar-refractivity contribution in [3.63, 3.8) is 0 Å². The minimum Gasteiger partial charge on any atom is -0.377 e. The predicted octanol–water partition coefficient (Wildman–Crippen LogP) is 1.70. The van der Waals surface area contributed by atoms with E-state index in [0.29, 0.717) is 6.42 Å². The Kier molecular flexibility index (Phi) is 2.07. The van der Waals surface area contributed by atoms with Crippen molar-refractivity contribution in [2.45, 2.75) is 45.4 Å². The second-order valence-electron chi connectivity index (χ2n) is 5.85. The highest BCUT2D eigenvalue weighted by Crippen LogP contribution is 2.77. The highest BCUT2D eigenvalue weighted by Gasteiger charge is 2.74. The largest absolute Gasteiger partial charge is 0.377 e. The Morgan fingerprint density at radius 3 is 2.00 bits per heavy atom. The number of fused-ring (bicyclic) bond motifs is 2. The molecule has 0 amide bonds. The molecule has 2 fully saturated rings. The van der Waals surface area contributed by atoms with Crippen LogP contribution in [0.4, 0.5) is 0 Å². The van der Waals surface area contributed by atoms with Gasteiger partial charge in [-0.2, -0.15) is 0 Å². The minimum atomic E-state index is -4.46. The summed E-state index contributed by atoms with van der Waals surface area (Å²) in [7, 11) is -4.46. The maximum absolute atomic E-state index is 11.5. The summed E-state index contributed by atoms with van der Waals surface area (Å²) >= 11 is 0. The summed E-state index contributed by atoms with van der Waals surface area (Å²) in [4.78, 5) is 18.7. The molecule has 2 saturated carbocycles. The van der Waals surface area contributed by atoms with E-state index in [1.807, 2.05) is 20.8 Å². The molecule has 0 aromatic carbocycles. The average Bonchev–Trinajstić information content (AvgIpc) is 2.34. The lowest BCUT2D eigenvalue weighted by molar-refractivity contribution is -0.0414. The van der Waals surface area contributed by atoms with E-state index in [-0.39, 0.29) is 17.8 Å². The molecule has 0 spiro atoms. The van der Waals surface area contributed by atoms with Crippen molar-refractivity contribution < 1.29 is 19.5 Å². The van der Waals surface area contributed by atoms with Crippen LogP contribution in [0.1, 0.15) is 40.0 Å². The Balaban J connectivity index is 2.55. The molecule has 15 heavy (non-hydrogen) atoms. The third kappa shape index (κ3) is 1.06. The van der Waals surface area contributed by atoms with Gasteiger partial charge in [-0.25, -0.2) is 0 Å². The van der Waals surface area contributed by atoms with Crippen molar-refractivity contribution in [3.8, 4) is 0 Å². The standard InChI is InChI=1S/C10H19O4P/c1-8(2)7-4-5-9(8,3)10(11,6-7)15(12,13)14/h7,11H,4-6H2,1-3H3,(H2,12,13,14). The Hall–Kier alpha value is 0.110. The molecule has 3 N–H and O–H groups in total. The summed E-state index contributed by atoms with van der Waals surface area (Å²) < 4.78 is 11.5. The van der Waals surface area contributed by atoms with Gasteiger partial charge in [-0.1, -0.05) is 20.8 Å². The zero-order valence-corrected chi connectivity index (χ0v) is 10.3. The van der Waals surface area contributed by atoms with Crippen molar-refractivity contribution in [1.82, 2.24) is 0 Å². The molecule has 4 nitrogen and oxygen atoms in total. The fourth-order valence-electron chi connectivity index (χ4n) is 3.68. The molecule has 88 valence electrons. The molecular formula is C10H19O4P. The molecule has 0 saturated heterocycles. The van der Waals surface area contributed by atoms with Crippen LogP contribution in [-0.4, -0.2) is 20.2 Å². The van der Waals surface area contributed by atoms with Crippen LogP contribution in [0.3, 0.4) is 0 Å². The van der Waals surface area contributed by atoms with Gasteiger partial charge in [-0.3, -0.25) is 4.57 Å². The topological polar surface area (TPSA) is 77.8 Å². The van der Waals surface area contributed by atoms with Crippen LogP contribution >= 0.6 is 7.60 Å². The summed E-state index contributed by atoms with van der Waals surface area (Å²) in [5.41, 5.74) is -0.855. The monoisotopic (exact) mass is 234 g/mol. The lowest BCUT2D eigenvalue weighted by Crippen LogP contribution is -2.46.